The molecule has 0 bridgehead atoms. The van der Waals surface area contributed by atoms with Crippen molar-refractivity contribution in [1.29, 1.82) is 0 Å². The van der Waals surface area contributed by atoms with Crippen LogP contribution in [0.3, 0.4) is 0 Å². The maximum absolute atomic E-state index is 13.1. The zero-order valence-electron chi connectivity index (χ0n) is 18.0. The fraction of sp³-hybridized carbons (Fsp3) is 0.391. The molecule has 2 amide bonds. The van der Waals surface area contributed by atoms with Crippen molar-refractivity contribution in [3.63, 3.8) is 0 Å². The average Bonchev–Trinajstić information content (AvgIpc) is 3.36. The predicted molar refractivity (Wildman–Crippen MR) is 115 cm³/mol. The fourth-order valence-corrected chi connectivity index (χ4v) is 3.83. The van der Waals surface area contributed by atoms with Crippen LogP contribution in [-0.2, 0) is 19.9 Å². The third kappa shape index (κ3) is 4.52. The summed E-state index contributed by atoms with van der Waals surface area (Å²) >= 11 is 0. The number of fused-ring (bicyclic) bond motifs is 1. The van der Waals surface area contributed by atoms with Crippen LogP contribution in [0.4, 0.5) is 0 Å². The number of nitrogens with zero attached hydrogens (tertiary/aromatic N) is 4. The van der Waals surface area contributed by atoms with Gasteiger partial charge in [0.1, 0.15) is 18.0 Å². The first kappa shape index (κ1) is 20.8. The van der Waals surface area contributed by atoms with E-state index in [0.717, 1.165) is 12.8 Å². The summed E-state index contributed by atoms with van der Waals surface area (Å²) in [5, 5.41) is 7.05. The maximum Gasteiger partial charge on any atom is 0.275 e. The lowest BCUT2D eigenvalue weighted by atomic mass is 10.0. The lowest BCUT2D eigenvalue weighted by Gasteiger charge is -2.19. The molecule has 2 aromatic heterocycles. The second kappa shape index (κ2) is 8.75. The number of carbonyl (C=O) groups excluding carboxylic acids is 2. The topological polar surface area (TPSA) is 93.3 Å². The number of aromatic nitrogens is 3. The molecule has 1 aromatic carbocycles. The molecule has 162 valence electrons. The zero-order valence-corrected chi connectivity index (χ0v) is 18.0. The first-order chi connectivity index (χ1) is 14.9. The number of hydrogen-bond acceptors (Lipinski definition) is 5. The van der Waals surface area contributed by atoms with Crippen molar-refractivity contribution in [3.05, 3.63) is 71.2 Å². The van der Waals surface area contributed by atoms with Gasteiger partial charge in [-0.2, -0.15) is 5.10 Å². The molecule has 4 rings (SSSR count). The van der Waals surface area contributed by atoms with Crippen LogP contribution in [0.2, 0.25) is 0 Å². The third-order valence-corrected chi connectivity index (χ3v) is 5.61. The molecule has 8 nitrogen and oxygen atoms in total. The zero-order chi connectivity index (χ0) is 22.0. The molecule has 0 fully saturated rings. The number of aryl methyl sites for hydroxylation is 1. The van der Waals surface area contributed by atoms with E-state index in [9.17, 15) is 9.59 Å². The van der Waals surface area contributed by atoms with Crippen molar-refractivity contribution >= 4 is 11.8 Å². The van der Waals surface area contributed by atoms with Crippen LogP contribution in [0.25, 0.3) is 0 Å². The van der Waals surface area contributed by atoms with Gasteiger partial charge in [0.25, 0.3) is 11.8 Å². The van der Waals surface area contributed by atoms with Crippen LogP contribution in [0.1, 0.15) is 57.9 Å². The summed E-state index contributed by atoms with van der Waals surface area (Å²) in [6.07, 6.45) is 4.74. The van der Waals surface area contributed by atoms with Gasteiger partial charge in [0.15, 0.2) is 5.69 Å². The van der Waals surface area contributed by atoms with Gasteiger partial charge in [-0.05, 0) is 36.0 Å². The Hall–Kier alpha value is -3.42. The Morgan fingerprint density at radius 2 is 1.74 bits per heavy atom. The van der Waals surface area contributed by atoms with Crippen LogP contribution < -0.4 is 5.32 Å². The van der Waals surface area contributed by atoms with E-state index in [1.165, 1.54) is 17.4 Å². The second-order valence-electron chi connectivity index (χ2n) is 8.20. The van der Waals surface area contributed by atoms with Gasteiger partial charge in [-0.25, -0.2) is 4.98 Å². The van der Waals surface area contributed by atoms with Gasteiger partial charge in [0.05, 0.1) is 0 Å². The van der Waals surface area contributed by atoms with Gasteiger partial charge in [-0.1, -0.05) is 38.1 Å². The Balaban J connectivity index is 1.46. The Morgan fingerprint density at radius 3 is 2.32 bits per heavy atom. The average molecular weight is 422 g/mol. The molecule has 8 heteroatoms. The van der Waals surface area contributed by atoms with Gasteiger partial charge in [-0.3, -0.25) is 14.3 Å². The number of hydrogen-bond donors (Lipinski definition) is 1. The largest absolute Gasteiger partial charge is 0.446 e. The van der Waals surface area contributed by atoms with Crippen LogP contribution in [0.15, 0.2) is 47.2 Å². The molecule has 1 aliphatic heterocycles. The van der Waals surface area contributed by atoms with Gasteiger partial charge in [-0.15, -0.1) is 0 Å². The van der Waals surface area contributed by atoms with Crippen molar-refractivity contribution < 1.29 is 14.0 Å². The second-order valence-corrected chi connectivity index (χ2v) is 8.20. The van der Waals surface area contributed by atoms with E-state index in [-0.39, 0.29) is 23.4 Å². The van der Waals surface area contributed by atoms with E-state index < -0.39 is 6.04 Å². The fourth-order valence-electron chi connectivity index (χ4n) is 3.83. The smallest absolute Gasteiger partial charge is 0.275 e. The molecule has 0 saturated heterocycles. The minimum Gasteiger partial charge on any atom is -0.446 e. The quantitative estimate of drug-likeness (QED) is 0.684. The number of benzene rings is 1. The highest BCUT2D eigenvalue weighted by molar-refractivity contribution is 5.93. The summed E-state index contributed by atoms with van der Waals surface area (Å²) in [6.45, 7) is 5.20. The molecule has 1 atom stereocenters. The van der Waals surface area contributed by atoms with Gasteiger partial charge in [0.2, 0.25) is 5.89 Å². The van der Waals surface area contributed by atoms with Gasteiger partial charge in [0, 0.05) is 26.3 Å². The highest BCUT2D eigenvalue weighted by Gasteiger charge is 2.28. The molecule has 0 spiro atoms. The minimum absolute atomic E-state index is 0.0157. The first-order valence-corrected chi connectivity index (χ1v) is 10.5. The molecule has 0 saturated carbocycles. The van der Waals surface area contributed by atoms with E-state index >= 15 is 0 Å². The van der Waals surface area contributed by atoms with Crippen LogP contribution in [0, 0.1) is 5.92 Å². The Bertz CT molecular complexity index is 1060. The summed E-state index contributed by atoms with van der Waals surface area (Å²) in [4.78, 5) is 31.9. The highest BCUT2D eigenvalue weighted by Crippen LogP contribution is 2.23. The van der Waals surface area contributed by atoms with E-state index in [2.05, 4.69) is 27.5 Å². The molecular formula is C23H27N5O3. The lowest BCUT2D eigenvalue weighted by molar-refractivity contribution is 0.0757. The SMILES string of the molecule is CC(C)[C@H](NC(=O)c1ccn(C)n1)c1nc(C(=O)N2CCc3ccccc3CC2)co1. The van der Waals surface area contributed by atoms with E-state index in [1.54, 1.807) is 24.0 Å². The standard InChI is InChI=1S/C23H27N5O3/c1-15(2)20(25-21(29)18-10-11-27(3)26-18)22-24-19(14-31-22)23(30)28-12-8-16-6-4-5-7-17(16)9-13-28/h4-7,10-11,14-15,20H,8-9,12-13H2,1-3H3,(H,25,29)/t20-/m0/s1. The van der Waals surface area contributed by atoms with E-state index in [1.807, 2.05) is 30.9 Å². The monoisotopic (exact) mass is 421 g/mol. The minimum atomic E-state index is -0.468. The predicted octanol–water partition coefficient (Wildman–Crippen LogP) is 2.78. The Morgan fingerprint density at radius 1 is 1.06 bits per heavy atom. The van der Waals surface area contributed by atoms with E-state index in [4.69, 9.17) is 4.42 Å². The molecule has 0 radical (unpaired) electrons. The van der Waals surface area contributed by atoms with Gasteiger partial charge < -0.3 is 14.6 Å². The third-order valence-electron chi connectivity index (χ3n) is 5.61. The van der Waals surface area contributed by atoms with Crippen molar-refractivity contribution in [2.24, 2.45) is 13.0 Å². The van der Waals surface area contributed by atoms with Crippen molar-refractivity contribution in [1.82, 2.24) is 25.0 Å². The van der Waals surface area contributed by atoms with Crippen LogP contribution >= 0.6 is 0 Å². The first-order valence-electron chi connectivity index (χ1n) is 10.5. The maximum atomic E-state index is 13.1. The summed E-state index contributed by atoms with van der Waals surface area (Å²) in [5.74, 6) is -0.125. The molecule has 0 aliphatic carbocycles. The number of nitrogens with one attached hydrogen (secondary N) is 1. The van der Waals surface area contributed by atoms with Crippen molar-refractivity contribution in [2.45, 2.75) is 32.7 Å². The number of carbonyl (C=O) groups is 2. The molecule has 0 unspecified atom stereocenters. The molecule has 3 aromatic rings. The summed E-state index contributed by atoms with van der Waals surface area (Å²) < 4.78 is 7.21. The lowest BCUT2D eigenvalue weighted by Crippen LogP contribution is -2.34. The molecule has 1 aliphatic rings. The van der Waals surface area contributed by atoms with Crippen molar-refractivity contribution in [2.75, 3.05) is 13.1 Å². The van der Waals surface area contributed by atoms with E-state index in [0.29, 0.717) is 24.7 Å². The molecular weight excluding hydrogens is 394 g/mol. The molecule has 31 heavy (non-hydrogen) atoms. The summed E-state index contributed by atoms with van der Waals surface area (Å²) in [7, 11) is 1.75. The molecule has 1 N–H and O–H groups in total. The number of amides is 2. The Kier molecular flexibility index (Phi) is 5.88. The van der Waals surface area contributed by atoms with Gasteiger partial charge >= 0.3 is 0 Å². The summed E-state index contributed by atoms with van der Waals surface area (Å²) in [5.41, 5.74) is 3.16. The summed E-state index contributed by atoms with van der Waals surface area (Å²) in [6, 6.07) is 9.49. The van der Waals surface area contributed by atoms with Crippen LogP contribution in [0.5, 0.6) is 0 Å². The number of oxazole rings is 1. The highest BCUT2D eigenvalue weighted by atomic mass is 16.3. The van der Waals surface area contributed by atoms with Crippen LogP contribution in [-0.4, -0.2) is 44.6 Å². The number of rotatable bonds is 5. The van der Waals surface area contributed by atoms with Crippen molar-refractivity contribution in [3.8, 4) is 0 Å². The normalized spacial score (nSPS) is 14.8. The Labute approximate surface area is 181 Å². The molecule has 3 heterocycles.